The highest BCUT2D eigenvalue weighted by Gasteiger charge is 2.26. The van der Waals surface area contributed by atoms with Crippen molar-refractivity contribution in [1.29, 1.82) is 0 Å². The first-order chi connectivity index (χ1) is 10.3. The maximum absolute atomic E-state index is 12.4. The van der Waals surface area contributed by atoms with Crippen LogP contribution < -0.4 is 0 Å². The van der Waals surface area contributed by atoms with Crippen LogP contribution in [-0.2, 0) is 15.8 Å². The van der Waals surface area contributed by atoms with Gasteiger partial charge in [0.15, 0.2) is 0 Å². The zero-order valence-corrected chi connectivity index (χ0v) is 13.0. The Labute approximate surface area is 128 Å². The second kappa shape index (κ2) is 6.29. The number of hydrogen-bond donors (Lipinski definition) is 0. The average molecular weight is 324 g/mol. The summed E-state index contributed by atoms with van der Waals surface area (Å²) in [5, 5.41) is 10.7. The Morgan fingerprint density at radius 3 is 2.64 bits per heavy atom. The quantitative estimate of drug-likeness (QED) is 0.601. The van der Waals surface area contributed by atoms with Crippen molar-refractivity contribution in [1.82, 2.24) is 4.31 Å². The predicted molar refractivity (Wildman–Crippen MR) is 80.6 cm³/mol. The number of nitrogens with zero attached hydrogens (tertiary/aromatic N) is 2. The third-order valence-electron chi connectivity index (χ3n) is 3.41. The molecule has 1 aromatic carbocycles. The van der Waals surface area contributed by atoms with Gasteiger partial charge in [0.25, 0.3) is 5.69 Å². The Hall–Kier alpha value is -2.19. The third kappa shape index (κ3) is 3.52. The van der Waals surface area contributed by atoms with E-state index in [2.05, 4.69) is 0 Å². The van der Waals surface area contributed by atoms with Crippen molar-refractivity contribution >= 4 is 15.7 Å². The lowest BCUT2D eigenvalue weighted by Crippen LogP contribution is -2.30. The van der Waals surface area contributed by atoms with Crippen LogP contribution in [0.3, 0.4) is 0 Å². The van der Waals surface area contributed by atoms with Gasteiger partial charge in [0.2, 0.25) is 10.0 Å². The van der Waals surface area contributed by atoms with E-state index in [-0.39, 0.29) is 11.4 Å². The van der Waals surface area contributed by atoms with Crippen molar-refractivity contribution in [3.05, 3.63) is 64.1 Å². The Balaban J connectivity index is 2.20. The van der Waals surface area contributed by atoms with Gasteiger partial charge in [-0.2, -0.15) is 4.31 Å². The zero-order valence-electron chi connectivity index (χ0n) is 12.2. The fraction of sp³-hybridized carbons (Fsp3) is 0.286. The Kier molecular flexibility index (Phi) is 4.62. The molecule has 22 heavy (non-hydrogen) atoms. The predicted octanol–water partition coefficient (Wildman–Crippen LogP) is 2.71. The highest BCUT2D eigenvalue weighted by Crippen LogP contribution is 2.24. The van der Waals surface area contributed by atoms with Crippen LogP contribution in [0.2, 0.25) is 0 Å². The molecule has 0 radical (unpaired) electrons. The lowest BCUT2D eigenvalue weighted by Gasteiger charge is -2.22. The van der Waals surface area contributed by atoms with E-state index in [9.17, 15) is 18.5 Å². The lowest BCUT2D eigenvalue weighted by atomic mass is 10.2. The van der Waals surface area contributed by atoms with E-state index in [1.165, 1.54) is 35.8 Å². The normalized spacial score (nSPS) is 13.2. The largest absolute Gasteiger partial charge is 0.468 e. The average Bonchev–Trinajstić information content (AvgIpc) is 2.99. The highest BCUT2D eigenvalue weighted by molar-refractivity contribution is 7.88. The van der Waals surface area contributed by atoms with Crippen molar-refractivity contribution in [2.75, 3.05) is 7.05 Å². The number of nitro benzene ring substituents is 1. The van der Waals surface area contributed by atoms with Crippen LogP contribution in [0.4, 0.5) is 5.69 Å². The van der Waals surface area contributed by atoms with Gasteiger partial charge in [0.05, 0.1) is 23.0 Å². The number of non-ortho nitro benzene ring substituents is 1. The summed E-state index contributed by atoms with van der Waals surface area (Å²) in [6.45, 7) is 1.71. The maximum Gasteiger partial charge on any atom is 0.269 e. The molecule has 8 heteroatoms. The number of hydrogen-bond acceptors (Lipinski definition) is 5. The Morgan fingerprint density at radius 2 is 2.05 bits per heavy atom. The molecule has 0 aliphatic heterocycles. The van der Waals surface area contributed by atoms with Crippen LogP contribution in [0.25, 0.3) is 0 Å². The molecule has 118 valence electrons. The maximum atomic E-state index is 12.4. The number of furan rings is 1. The fourth-order valence-electron chi connectivity index (χ4n) is 2.02. The van der Waals surface area contributed by atoms with Crippen molar-refractivity contribution in [2.24, 2.45) is 0 Å². The van der Waals surface area contributed by atoms with Gasteiger partial charge in [-0.1, -0.05) is 12.1 Å². The van der Waals surface area contributed by atoms with Crippen LogP contribution in [0, 0.1) is 10.1 Å². The van der Waals surface area contributed by atoms with Gasteiger partial charge in [-0.3, -0.25) is 10.1 Å². The van der Waals surface area contributed by atoms with E-state index < -0.39 is 21.0 Å². The molecule has 0 aliphatic rings. The monoisotopic (exact) mass is 324 g/mol. The van der Waals surface area contributed by atoms with Crippen molar-refractivity contribution < 1.29 is 17.8 Å². The molecule has 1 unspecified atom stereocenters. The van der Waals surface area contributed by atoms with E-state index in [0.29, 0.717) is 11.3 Å². The first kappa shape index (κ1) is 16.2. The van der Waals surface area contributed by atoms with Crippen LogP contribution in [0.5, 0.6) is 0 Å². The standard InChI is InChI=1S/C14H16N2O5S/c1-11(14-7-4-8-21-14)15(2)22(19,20)10-12-5-3-6-13(9-12)16(17)18/h3-9,11H,10H2,1-2H3. The molecule has 0 N–H and O–H groups in total. The second-order valence-corrected chi connectivity index (χ2v) is 6.92. The van der Waals surface area contributed by atoms with E-state index in [4.69, 9.17) is 4.42 Å². The summed E-state index contributed by atoms with van der Waals surface area (Å²) in [7, 11) is -2.17. The van der Waals surface area contributed by atoms with E-state index in [1.54, 1.807) is 25.1 Å². The van der Waals surface area contributed by atoms with Crippen LogP contribution >= 0.6 is 0 Å². The van der Waals surface area contributed by atoms with Crippen LogP contribution in [0.15, 0.2) is 47.1 Å². The molecule has 1 aromatic heterocycles. The number of sulfonamides is 1. The molecule has 2 aromatic rings. The van der Waals surface area contributed by atoms with Gasteiger partial charge in [-0.25, -0.2) is 8.42 Å². The molecule has 0 aliphatic carbocycles. The molecule has 0 amide bonds. The topological polar surface area (TPSA) is 93.7 Å². The highest BCUT2D eigenvalue weighted by atomic mass is 32.2. The van der Waals surface area contributed by atoms with Gasteiger partial charge in [0, 0.05) is 19.2 Å². The Bertz CT molecular complexity index is 755. The molecule has 0 saturated heterocycles. The minimum Gasteiger partial charge on any atom is -0.468 e. The van der Waals surface area contributed by atoms with Crippen molar-refractivity contribution in [2.45, 2.75) is 18.7 Å². The van der Waals surface area contributed by atoms with E-state index in [1.807, 2.05) is 0 Å². The van der Waals surface area contributed by atoms with Crippen molar-refractivity contribution in [3.8, 4) is 0 Å². The molecule has 0 bridgehead atoms. The van der Waals surface area contributed by atoms with Gasteiger partial charge in [-0.05, 0) is 24.6 Å². The SMILES string of the molecule is CC(c1ccco1)N(C)S(=O)(=O)Cc1cccc([N+](=O)[O-])c1. The smallest absolute Gasteiger partial charge is 0.269 e. The van der Waals surface area contributed by atoms with Crippen molar-refractivity contribution in [3.63, 3.8) is 0 Å². The number of rotatable bonds is 6. The molecule has 1 heterocycles. The summed E-state index contributed by atoms with van der Waals surface area (Å²) in [6, 6.07) is 8.54. The van der Waals surface area contributed by atoms with E-state index in [0.717, 1.165) is 0 Å². The van der Waals surface area contributed by atoms with Gasteiger partial charge in [0.1, 0.15) is 5.76 Å². The summed E-state index contributed by atoms with van der Waals surface area (Å²) in [5.41, 5.74) is 0.238. The van der Waals surface area contributed by atoms with Crippen LogP contribution in [0.1, 0.15) is 24.3 Å². The first-order valence-electron chi connectivity index (χ1n) is 6.53. The van der Waals surface area contributed by atoms with Crippen LogP contribution in [-0.4, -0.2) is 24.7 Å². The van der Waals surface area contributed by atoms with Gasteiger partial charge >= 0.3 is 0 Å². The summed E-state index contributed by atoms with van der Waals surface area (Å²) in [5.74, 6) is 0.223. The zero-order chi connectivity index (χ0) is 16.3. The molecule has 0 spiro atoms. The molecule has 2 rings (SSSR count). The summed E-state index contributed by atoms with van der Waals surface area (Å²) in [6.07, 6.45) is 1.48. The third-order valence-corrected chi connectivity index (χ3v) is 5.30. The Morgan fingerprint density at radius 1 is 1.32 bits per heavy atom. The van der Waals surface area contributed by atoms with E-state index >= 15 is 0 Å². The number of nitro groups is 1. The lowest BCUT2D eigenvalue weighted by molar-refractivity contribution is -0.384. The molecule has 7 nitrogen and oxygen atoms in total. The summed E-state index contributed by atoms with van der Waals surface area (Å²) >= 11 is 0. The molecule has 0 fully saturated rings. The fourth-order valence-corrected chi connectivity index (χ4v) is 3.41. The summed E-state index contributed by atoms with van der Waals surface area (Å²) < 4.78 is 31.3. The number of benzene rings is 1. The molecule has 0 saturated carbocycles. The van der Waals surface area contributed by atoms with Gasteiger partial charge in [-0.15, -0.1) is 0 Å². The minimum absolute atomic E-state index is 0.130. The summed E-state index contributed by atoms with van der Waals surface area (Å²) in [4.78, 5) is 10.2. The first-order valence-corrected chi connectivity index (χ1v) is 8.14. The molecule has 1 atom stereocenters. The molecular formula is C14H16N2O5S. The second-order valence-electron chi connectivity index (χ2n) is 4.89. The van der Waals surface area contributed by atoms with Gasteiger partial charge < -0.3 is 4.42 Å². The minimum atomic E-state index is -3.63. The molecular weight excluding hydrogens is 308 g/mol.